The van der Waals surface area contributed by atoms with E-state index >= 15 is 0 Å². The Kier molecular flexibility index (Phi) is 5.76. The van der Waals surface area contributed by atoms with Crippen molar-refractivity contribution in [1.82, 2.24) is 4.90 Å². The second-order valence-electron chi connectivity index (χ2n) is 4.32. The Morgan fingerprint density at radius 1 is 1.29 bits per heavy atom. The van der Waals surface area contributed by atoms with E-state index in [1.54, 1.807) is 0 Å². The van der Waals surface area contributed by atoms with Gasteiger partial charge in [0.2, 0.25) is 0 Å². The molecule has 0 fully saturated rings. The summed E-state index contributed by atoms with van der Waals surface area (Å²) in [6, 6.07) is 8.85. The number of nitrogens with zero attached hydrogens (tertiary/aromatic N) is 1. The van der Waals surface area contributed by atoms with E-state index < -0.39 is 0 Å². The third kappa shape index (κ3) is 4.22. The lowest BCUT2D eigenvalue weighted by molar-refractivity contribution is 0.225. The van der Waals surface area contributed by atoms with Gasteiger partial charge in [-0.15, -0.1) is 0 Å². The van der Waals surface area contributed by atoms with Crippen molar-refractivity contribution in [3.8, 4) is 11.8 Å². The zero-order chi connectivity index (χ0) is 12.7. The Hall–Kier alpha value is -1.30. The molecule has 1 rings (SSSR count). The minimum absolute atomic E-state index is 0.413. The average molecular weight is 230 g/mol. The molecule has 0 saturated heterocycles. The Labute approximate surface area is 105 Å². The van der Waals surface area contributed by atoms with Crippen molar-refractivity contribution in [3.63, 3.8) is 0 Å². The topological polar surface area (TPSA) is 29.3 Å². The first-order valence-electron chi connectivity index (χ1n) is 6.20. The van der Waals surface area contributed by atoms with Crippen molar-refractivity contribution in [2.24, 2.45) is 5.73 Å². The van der Waals surface area contributed by atoms with Gasteiger partial charge in [-0.2, -0.15) is 0 Å². The Morgan fingerprint density at radius 3 is 2.59 bits per heavy atom. The second kappa shape index (κ2) is 7.11. The fourth-order valence-corrected chi connectivity index (χ4v) is 1.80. The van der Waals surface area contributed by atoms with Gasteiger partial charge in [-0.3, -0.25) is 4.90 Å². The van der Waals surface area contributed by atoms with Gasteiger partial charge >= 0.3 is 0 Å². The summed E-state index contributed by atoms with van der Waals surface area (Å²) in [5.74, 6) is 6.06. The van der Waals surface area contributed by atoms with Gasteiger partial charge in [0.25, 0.3) is 0 Å². The van der Waals surface area contributed by atoms with Crippen molar-refractivity contribution in [2.45, 2.75) is 33.4 Å². The standard InChI is InChI=1S/C15H22N2/c1-4-17(13(2)3)12-15-9-6-5-8-14(15)10-7-11-16/h5-6,8-9,13H,4,11-12,16H2,1-3H3. The third-order valence-electron chi connectivity index (χ3n) is 2.85. The highest BCUT2D eigenvalue weighted by Gasteiger charge is 2.09. The van der Waals surface area contributed by atoms with Crippen molar-refractivity contribution in [3.05, 3.63) is 35.4 Å². The first kappa shape index (κ1) is 13.8. The summed E-state index contributed by atoms with van der Waals surface area (Å²) in [6.45, 7) is 9.04. The SMILES string of the molecule is CCN(Cc1ccccc1C#CCN)C(C)C. The maximum absolute atomic E-state index is 5.42. The molecule has 0 amide bonds. The van der Waals surface area contributed by atoms with Crippen molar-refractivity contribution < 1.29 is 0 Å². The molecule has 2 nitrogen and oxygen atoms in total. The Balaban J connectivity index is 2.89. The highest BCUT2D eigenvalue weighted by molar-refractivity contribution is 5.41. The van der Waals surface area contributed by atoms with E-state index in [0.29, 0.717) is 12.6 Å². The Morgan fingerprint density at radius 2 is 2.00 bits per heavy atom. The number of nitrogens with two attached hydrogens (primary N) is 1. The van der Waals surface area contributed by atoms with E-state index in [4.69, 9.17) is 5.73 Å². The number of benzene rings is 1. The Bertz CT molecular complexity index is 399. The van der Waals surface area contributed by atoms with Crippen LogP contribution in [0.2, 0.25) is 0 Å². The quantitative estimate of drug-likeness (QED) is 0.804. The fraction of sp³-hybridized carbons (Fsp3) is 0.467. The van der Waals surface area contributed by atoms with Gasteiger partial charge in [0.05, 0.1) is 6.54 Å². The molecule has 0 unspecified atom stereocenters. The first-order valence-corrected chi connectivity index (χ1v) is 6.20. The number of hydrogen-bond acceptors (Lipinski definition) is 2. The number of rotatable bonds is 4. The van der Waals surface area contributed by atoms with Crippen LogP contribution in [0.15, 0.2) is 24.3 Å². The van der Waals surface area contributed by atoms with E-state index in [2.05, 4.69) is 55.7 Å². The molecule has 0 bridgehead atoms. The van der Waals surface area contributed by atoms with Gasteiger partial charge in [-0.1, -0.05) is 37.0 Å². The molecule has 2 N–H and O–H groups in total. The zero-order valence-corrected chi connectivity index (χ0v) is 11.0. The van der Waals surface area contributed by atoms with Gasteiger partial charge in [-0.25, -0.2) is 0 Å². The lowest BCUT2D eigenvalue weighted by atomic mass is 10.1. The maximum atomic E-state index is 5.42. The molecule has 0 atom stereocenters. The maximum Gasteiger partial charge on any atom is 0.0555 e. The van der Waals surface area contributed by atoms with Crippen LogP contribution in [0.5, 0.6) is 0 Å². The molecule has 1 aromatic rings. The smallest absolute Gasteiger partial charge is 0.0555 e. The van der Waals surface area contributed by atoms with E-state index in [1.807, 2.05) is 6.07 Å². The highest BCUT2D eigenvalue weighted by atomic mass is 15.1. The molecule has 0 saturated carbocycles. The summed E-state index contributed by atoms with van der Waals surface area (Å²) < 4.78 is 0. The molecule has 0 aliphatic rings. The lowest BCUT2D eigenvalue weighted by Gasteiger charge is -2.25. The van der Waals surface area contributed by atoms with Crippen molar-refractivity contribution in [1.29, 1.82) is 0 Å². The number of hydrogen-bond donors (Lipinski definition) is 1. The summed E-state index contributed by atoms with van der Waals surface area (Å²) in [5, 5.41) is 0. The largest absolute Gasteiger partial charge is 0.320 e. The van der Waals surface area contributed by atoms with Gasteiger partial charge in [0.15, 0.2) is 0 Å². The minimum Gasteiger partial charge on any atom is -0.320 e. The molecule has 1 aromatic carbocycles. The molecular weight excluding hydrogens is 208 g/mol. The molecule has 0 spiro atoms. The third-order valence-corrected chi connectivity index (χ3v) is 2.85. The van der Waals surface area contributed by atoms with Gasteiger partial charge in [0, 0.05) is 18.2 Å². The molecular formula is C15H22N2. The van der Waals surface area contributed by atoms with Gasteiger partial charge < -0.3 is 5.73 Å². The lowest BCUT2D eigenvalue weighted by Crippen LogP contribution is -2.30. The summed E-state index contributed by atoms with van der Waals surface area (Å²) in [4.78, 5) is 2.42. The van der Waals surface area contributed by atoms with Crippen molar-refractivity contribution >= 4 is 0 Å². The molecule has 92 valence electrons. The van der Waals surface area contributed by atoms with E-state index in [-0.39, 0.29) is 0 Å². The monoisotopic (exact) mass is 230 g/mol. The zero-order valence-electron chi connectivity index (χ0n) is 11.0. The van der Waals surface area contributed by atoms with E-state index in [0.717, 1.165) is 18.7 Å². The average Bonchev–Trinajstić information content (AvgIpc) is 2.34. The van der Waals surface area contributed by atoms with Crippen LogP contribution in [0.1, 0.15) is 31.9 Å². The second-order valence-corrected chi connectivity index (χ2v) is 4.32. The highest BCUT2D eigenvalue weighted by Crippen LogP contribution is 2.12. The van der Waals surface area contributed by atoms with Crippen LogP contribution in [0.4, 0.5) is 0 Å². The van der Waals surface area contributed by atoms with Crippen LogP contribution in [0.25, 0.3) is 0 Å². The van der Waals surface area contributed by atoms with Crippen LogP contribution >= 0.6 is 0 Å². The van der Waals surface area contributed by atoms with E-state index in [9.17, 15) is 0 Å². The predicted molar refractivity (Wildman–Crippen MR) is 73.6 cm³/mol. The predicted octanol–water partition coefficient (Wildman–Crippen LogP) is 2.23. The van der Waals surface area contributed by atoms with Crippen molar-refractivity contribution in [2.75, 3.05) is 13.1 Å². The molecule has 17 heavy (non-hydrogen) atoms. The molecule has 0 radical (unpaired) electrons. The summed E-state index contributed by atoms with van der Waals surface area (Å²) in [5.41, 5.74) is 7.79. The van der Waals surface area contributed by atoms with Crippen LogP contribution in [-0.4, -0.2) is 24.0 Å². The van der Waals surface area contributed by atoms with Gasteiger partial charge in [-0.05, 0) is 32.0 Å². The first-order chi connectivity index (χ1) is 8.19. The summed E-state index contributed by atoms with van der Waals surface area (Å²) >= 11 is 0. The minimum atomic E-state index is 0.413. The normalized spacial score (nSPS) is 10.5. The van der Waals surface area contributed by atoms with Crippen LogP contribution in [0.3, 0.4) is 0 Å². The summed E-state index contributed by atoms with van der Waals surface area (Å²) in [6.07, 6.45) is 0. The molecule has 0 aliphatic carbocycles. The molecule has 0 heterocycles. The van der Waals surface area contributed by atoms with Crippen LogP contribution in [-0.2, 0) is 6.54 Å². The summed E-state index contributed by atoms with van der Waals surface area (Å²) in [7, 11) is 0. The fourth-order valence-electron chi connectivity index (χ4n) is 1.80. The van der Waals surface area contributed by atoms with Crippen LogP contribution < -0.4 is 5.73 Å². The molecule has 0 aliphatic heterocycles. The van der Waals surface area contributed by atoms with Crippen LogP contribution in [0, 0.1) is 11.8 Å². The molecule has 2 heteroatoms. The molecule has 0 aromatic heterocycles. The van der Waals surface area contributed by atoms with Gasteiger partial charge in [0.1, 0.15) is 0 Å². The van der Waals surface area contributed by atoms with E-state index in [1.165, 1.54) is 5.56 Å².